The summed E-state index contributed by atoms with van der Waals surface area (Å²) in [5.74, 6) is 0.466. The first-order chi connectivity index (χ1) is 14.5. The molecule has 0 radical (unpaired) electrons. The smallest absolute Gasteiger partial charge is 0.253 e. The second-order valence-electron chi connectivity index (χ2n) is 6.59. The lowest BCUT2D eigenvalue weighted by atomic mass is 10.1. The summed E-state index contributed by atoms with van der Waals surface area (Å²) in [4.78, 5) is 25.0. The second kappa shape index (κ2) is 13.1. The number of nitrogens with one attached hydrogen (secondary N) is 2. The molecule has 0 bridgehead atoms. The number of benzene rings is 2. The van der Waals surface area contributed by atoms with Crippen molar-refractivity contribution in [1.29, 1.82) is 0 Å². The Labute approximate surface area is 185 Å². The van der Waals surface area contributed by atoms with Crippen molar-refractivity contribution in [2.24, 2.45) is 0 Å². The SMILES string of the molecule is CSCCC(NC(=O)c1ccccc1Cl)C(=O)NCCCCOc1ccc(F)cc1. The predicted octanol–water partition coefficient (Wildman–Crippen LogP) is 4.31. The maximum Gasteiger partial charge on any atom is 0.253 e. The quantitative estimate of drug-likeness (QED) is 0.471. The van der Waals surface area contributed by atoms with Crippen LogP contribution in [0.15, 0.2) is 48.5 Å². The molecule has 0 aliphatic carbocycles. The Morgan fingerprint density at radius 1 is 1.13 bits per heavy atom. The Balaban J connectivity index is 1.75. The molecule has 0 fully saturated rings. The molecule has 162 valence electrons. The molecule has 30 heavy (non-hydrogen) atoms. The van der Waals surface area contributed by atoms with Gasteiger partial charge in [-0.05, 0) is 67.7 Å². The van der Waals surface area contributed by atoms with Gasteiger partial charge in [0.1, 0.15) is 17.6 Å². The molecular formula is C22H26ClFN2O3S. The standard InChI is InChI=1S/C22H26ClFN2O3S/c1-30-15-12-20(26-21(27)18-6-2-3-7-19(18)23)22(28)25-13-4-5-14-29-17-10-8-16(24)9-11-17/h2-3,6-11,20H,4-5,12-15H2,1H3,(H,25,28)(H,26,27). The summed E-state index contributed by atoms with van der Waals surface area (Å²) in [5, 5.41) is 6.00. The summed E-state index contributed by atoms with van der Waals surface area (Å²) in [7, 11) is 0. The number of carbonyl (C=O) groups is 2. The van der Waals surface area contributed by atoms with Crippen molar-refractivity contribution >= 4 is 35.2 Å². The minimum Gasteiger partial charge on any atom is -0.494 e. The fourth-order valence-corrected chi connectivity index (χ4v) is 3.36. The number of hydrogen-bond acceptors (Lipinski definition) is 4. The van der Waals surface area contributed by atoms with E-state index in [9.17, 15) is 14.0 Å². The lowest BCUT2D eigenvalue weighted by Gasteiger charge is -2.18. The zero-order valence-electron chi connectivity index (χ0n) is 16.8. The van der Waals surface area contributed by atoms with Crippen LogP contribution in [-0.2, 0) is 4.79 Å². The van der Waals surface area contributed by atoms with Crippen LogP contribution in [-0.4, -0.2) is 43.0 Å². The van der Waals surface area contributed by atoms with Crippen LogP contribution in [0.25, 0.3) is 0 Å². The highest BCUT2D eigenvalue weighted by atomic mass is 35.5. The van der Waals surface area contributed by atoms with Gasteiger partial charge in [-0.25, -0.2) is 4.39 Å². The van der Waals surface area contributed by atoms with Gasteiger partial charge in [-0.1, -0.05) is 23.7 Å². The molecule has 0 heterocycles. The van der Waals surface area contributed by atoms with Gasteiger partial charge in [0.05, 0.1) is 17.2 Å². The van der Waals surface area contributed by atoms with Crippen molar-refractivity contribution in [2.45, 2.75) is 25.3 Å². The van der Waals surface area contributed by atoms with Crippen LogP contribution in [0.2, 0.25) is 5.02 Å². The number of ether oxygens (including phenoxy) is 1. The third kappa shape index (κ3) is 8.24. The fourth-order valence-electron chi connectivity index (χ4n) is 2.67. The molecule has 0 aliphatic rings. The number of amides is 2. The molecule has 2 aromatic rings. The first kappa shape index (κ1) is 24.0. The lowest BCUT2D eigenvalue weighted by Crippen LogP contribution is -2.47. The van der Waals surface area contributed by atoms with Gasteiger partial charge in [0.2, 0.25) is 5.91 Å². The van der Waals surface area contributed by atoms with Gasteiger partial charge >= 0.3 is 0 Å². The summed E-state index contributed by atoms with van der Waals surface area (Å²) < 4.78 is 18.4. The number of halogens is 2. The highest BCUT2D eigenvalue weighted by Gasteiger charge is 2.21. The summed E-state index contributed by atoms with van der Waals surface area (Å²) in [6, 6.07) is 12.0. The minimum absolute atomic E-state index is 0.219. The molecule has 8 heteroatoms. The lowest BCUT2D eigenvalue weighted by molar-refractivity contribution is -0.123. The number of thioether (sulfide) groups is 1. The fraction of sp³-hybridized carbons (Fsp3) is 0.364. The van der Waals surface area contributed by atoms with Gasteiger partial charge in [-0.2, -0.15) is 11.8 Å². The van der Waals surface area contributed by atoms with E-state index in [4.69, 9.17) is 16.3 Å². The third-order valence-corrected chi connectivity index (χ3v) is 5.28. The summed E-state index contributed by atoms with van der Waals surface area (Å²) >= 11 is 7.68. The molecule has 0 spiro atoms. The second-order valence-corrected chi connectivity index (χ2v) is 7.98. The van der Waals surface area contributed by atoms with Gasteiger partial charge in [0.15, 0.2) is 0 Å². The van der Waals surface area contributed by atoms with Gasteiger partial charge in [0, 0.05) is 6.54 Å². The van der Waals surface area contributed by atoms with Gasteiger partial charge in [-0.15, -0.1) is 0 Å². The van der Waals surface area contributed by atoms with Crippen LogP contribution in [0.1, 0.15) is 29.6 Å². The maximum absolute atomic E-state index is 12.9. The van der Waals surface area contributed by atoms with E-state index in [1.165, 1.54) is 12.1 Å². The molecule has 0 saturated carbocycles. The van der Waals surface area contributed by atoms with E-state index in [1.807, 2.05) is 6.26 Å². The molecule has 1 unspecified atom stereocenters. The van der Waals surface area contributed by atoms with Crippen LogP contribution in [0.4, 0.5) is 4.39 Å². The van der Waals surface area contributed by atoms with Crippen LogP contribution < -0.4 is 15.4 Å². The summed E-state index contributed by atoms with van der Waals surface area (Å²) in [6.45, 7) is 0.948. The van der Waals surface area contributed by atoms with Crippen molar-refractivity contribution < 1.29 is 18.7 Å². The average Bonchev–Trinajstić information content (AvgIpc) is 2.74. The Hall–Kier alpha value is -2.25. The van der Waals surface area contributed by atoms with E-state index < -0.39 is 6.04 Å². The van der Waals surface area contributed by atoms with E-state index in [1.54, 1.807) is 48.2 Å². The first-order valence-corrected chi connectivity index (χ1v) is 11.5. The normalized spacial score (nSPS) is 11.6. The number of carbonyl (C=O) groups excluding carboxylic acids is 2. The number of rotatable bonds is 12. The Bertz CT molecular complexity index is 820. The Kier molecular flexibility index (Phi) is 10.5. The summed E-state index contributed by atoms with van der Waals surface area (Å²) in [5.41, 5.74) is 0.346. The Morgan fingerprint density at radius 2 is 1.87 bits per heavy atom. The van der Waals surface area contributed by atoms with E-state index >= 15 is 0 Å². The molecule has 5 nitrogen and oxygen atoms in total. The molecule has 2 aromatic carbocycles. The topological polar surface area (TPSA) is 67.4 Å². The predicted molar refractivity (Wildman–Crippen MR) is 120 cm³/mol. The largest absolute Gasteiger partial charge is 0.494 e. The van der Waals surface area contributed by atoms with Crippen LogP contribution in [0, 0.1) is 5.82 Å². The van der Waals surface area contributed by atoms with Crippen LogP contribution >= 0.6 is 23.4 Å². The van der Waals surface area contributed by atoms with Crippen LogP contribution in [0.3, 0.4) is 0 Å². The van der Waals surface area contributed by atoms with Gasteiger partial charge in [0.25, 0.3) is 5.91 Å². The van der Waals surface area contributed by atoms with Crippen molar-refractivity contribution in [3.8, 4) is 5.75 Å². The first-order valence-electron chi connectivity index (χ1n) is 9.71. The molecular weight excluding hydrogens is 427 g/mol. The van der Waals surface area contributed by atoms with Gasteiger partial charge < -0.3 is 15.4 Å². The maximum atomic E-state index is 12.9. The van der Waals surface area contributed by atoms with Gasteiger partial charge in [-0.3, -0.25) is 9.59 Å². The summed E-state index contributed by atoms with van der Waals surface area (Å²) in [6.07, 6.45) is 3.93. The molecule has 0 aromatic heterocycles. The van der Waals surface area contributed by atoms with Crippen molar-refractivity contribution in [3.63, 3.8) is 0 Å². The molecule has 0 aliphatic heterocycles. The van der Waals surface area contributed by atoms with Crippen molar-refractivity contribution in [2.75, 3.05) is 25.2 Å². The van der Waals surface area contributed by atoms with Crippen molar-refractivity contribution in [3.05, 3.63) is 64.9 Å². The van der Waals surface area contributed by atoms with E-state index in [-0.39, 0.29) is 17.6 Å². The zero-order valence-corrected chi connectivity index (χ0v) is 18.4. The molecule has 0 saturated heterocycles. The third-order valence-electron chi connectivity index (χ3n) is 4.30. The molecule has 2 amide bonds. The van der Waals surface area contributed by atoms with E-state index in [0.29, 0.717) is 35.9 Å². The van der Waals surface area contributed by atoms with Crippen LogP contribution in [0.5, 0.6) is 5.75 Å². The zero-order chi connectivity index (χ0) is 21.8. The molecule has 1 atom stereocenters. The number of unbranched alkanes of at least 4 members (excludes halogenated alkanes) is 1. The highest BCUT2D eigenvalue weighted by molar-refractivity contribution is 7.98. The number of hydrogen-bond donors (Lipinski definition) is 2. The molecule has 2 rings (SSSR count). The molecule has 2 N–H and O–H groups in total. The van der Waals surface area contributed by atoms with Crippen molar-refractivity contribution in [1.82, 2.24) is 10.6 Å². The van der Waals surface area contributed by atoms with E-state index in [0.717, 1.165) is 18.6 Å². The van der Waals surface area contributed by atoms with E-state index in [2.05, 4.69) is 10.6 Å². The minimum atomic E-state index is -0.628. The monoisotopic (exact) mass is 452 g/mol. The highest BCUT2D eigenvalue weighted by Crippen LogP contribution is 2.15. The average molecular weight is 453 g/mol. The Morgan fingerprint density at radius 3 is 2.57 bits per heavy atom.